The van der Waals surface area contributed by atoms with Crippen molar-refractivity contribution in [3.63, 3.8) is 0 Å². The summed E-state index contributed by atoms with van der Waals surface area (Å²) in [4.78, 5) is 4.23. The van der Waals surface area contributed by atoms with Crippen LogP contribution in [0.1, 0.15) is 50.4 Å². The van der Waals surface area contributed by atoms with Gasteiger partial charge in [-0.1, -0.05) is 11.6 Å². The second-order valence-corrected chi connectivity index (χ2v) is 5.36. The average molecular weight is 222 g/mol. The van der Waals surface area contributed by atoms with Crippen LogP contribution in [0.15, 0.2) is 4.52 Å². The minimum absolute atomic E-state index is 0.415. The summed E-state index contributed by atoms with van der Waals surface area (Å²) >= 11 is 0. The van der Waals surface area contributed by atoms with Crippen molar-refractivity contribution in [2.24, 2.45) is 17.8 Å². The molecule has 4 atom stereocenters. The normalized spacial score (nSPS) is 34.5. The quantitative estimate of drug-likeness (QED) is 0.850. The molecule has 0 aliphatic heterocycles. The predicted molar refractivity (Wildman–Crippen MR) is 57.6 cm³/mol. The topological polar surface area (TPSA) is 59.2 Å². The smallest absolute Gasteiger partial charge is 0.227 e. The standard InChI is InChI=1S/C12H18N2O2/c1-7(15)12-13-11(16-14-12)6-10-5-8-2-3-9(10)4-8/h7-10,15H,2-6H2,1H3. The van der Waals surface area contributed by atoms with E-state index in [0.717, 1.165) is 24.2 Å². The van der Waals surface area contributed by atoms with Gasteiger partial charge in [0.05, 0.1) is 0 Å². The van der Waals surface area contributed by atoms with Gasteiger partial charge < -0.3 is 9.63 Å². The highest BCUT2D eigenvalue weighted by atomic mass is 16.5. The highest BCUT2D eigenvalue weighted by Gasteiger charge is 2.40. The monoisotopic (exact) mass is 222 g/mol. The Kier molecular flexibility index (Phi) is 2.46. The van der Waals surface area contributed by atoms with Crippen molar-refractivity contribution in [3.05, 3.63) is 11.7 Å². The maximum absolute atomic E-state index is 9.32. The fourth-order valence-electron chi connectivity index (χ4n) is 3.37. The molecule has 1 heterocycles. The molecule has 2 aliphatic carbocycles. The molecule has 2 aliphatic rings. The minimum atomic E-state index is -0.627. The van der Waals surface area contributed by atoms with Gasteiger partial charge in [-0.2, -0.15) is 4.98 Å². The van der Waals surface area contributed by atoms with Gasteiger partial charge in [-0.05, 0) is 43.9 Å². The summed E-state index contributed by atoms with van der Waals surface area (Å²) in [5, 5.41) is 13.1. The molecule has 0 spiro atoms. The van der Waals surface area contributed by atoms with Crippen molar-refractivity contribution in [1.82, 2.24) is 10.1 Å². The van der Waals surface area contributed by atoms with Crippen LogP contribution in [0.2, 0.25) is 0 Å². The molecule has 0 aromatic carbocycles. The van der Waals surface area contributed by atoms with Crippen molar-refractivity contribution in [2.45, 2.75) is 45.1 Å². The van der Waals surface area contributed by atoms with Gasteiger partial charge in [0.25, 0.3) is 0 Å². The summed E-state index contributed by atoms with van der Waals surface area (Å²) in [5.74, 6) is 3.69. The van der Waals surface area contributed by atoms with Crippen LogP contribution in [0.25, 0.3) is 0 Å². The highest BCUT2D eigenvalue weighted by molar-refractivity contribution is 4.96. The van der Waals surface area contributed by atoms with Crippen molar-refractivity contribution in [3.8, 4) is 0 Å². The lowest BCUT2D eigenvalue weighted by Crippen LogP contribution is -2.13. The molecule has 4 nitrogen and oxygen atoms in total. The van der Waals surface area contributed by atoms with Crippen LogP contribution in [0, 0.1) is 17.8 Å². The lowest BCUT2D eigenvalue weighted by atomic mass is 9.86. The molecule has 88 valence electrons. The molecule has 16 heavy (non-hydrogen) atoms. The zero-order valence-electron chi connectivity index (χ0n) is 9.59. The number of hydrogen-bond acceptors (Lipinski definition) is 4. The Bertz CT molecular complexity index is 375. The summed E-state index contributed by atoms with van der Waals surface area (Å²) in [7, 11) is 0. The van der Waals surface area contributed by atoms with E-state index in [2.05, 4.69) is 10.1 Å². The molecule has 3 rings (SSSR count). The Labute approximate surface area is 95.0 Å². The van der Waals surface area contributed by atoms with Crippen LogP contribution >= 0.6 is 0 Å². The SMILES string of the molecule is CC(O)c1noc(CC2CC3CCC2C3)n1. The van der Waals surface area contributed by atoms with Crippen LogP contribution in [-0.4, -0.2) is 15.2 Å². The third kappa shape index (κ3) is 1.75. The molecule has 1 aromatic heterocycles. The third-order valence-corrected chi connectivity index (χ3v) is 4.18. The van der Waals surface area contributed by atoms with E-state index in [1.807, 2.05) is 0 Å². The fourth-order valence-corrected chi connectivity index (χ4v) is 3.37. The Morgan fingerprint density at radius 3 is 2.88 bits per heavy atom. The van der Waals surface area contributed by atoms with E-state index < -0.39 is 6.10 Å². The van der Waals surface area contributed by atoms with Gasteiger partial charge in [-0.15, -0.1) is 0 Å². The van der Waals surface area contributed by atoms with E-state index in [4.69, 9.17) is 4.52 Å². The first-order valence-corrected chi connectivity index (χ1v) is 6.23. The lowest BCUT2D eigenvalue weighted by molar-refractivity contribution is 0.184. The molecule has 2 fully saturated rings. The fraction of sp³-hybridized carbons (Fsp3) is 0.833. The molecule has 0 saturated heterocycles. The second kappa shape index (κ2) is 3.84. The minimum Gasteiger partial charge on any atom is -0.385 e. The number of aliphatic hydroxyl groups is 1. The van der Waals surface area contributed by atoms with E-state index >= 15 is 0 Å². The maximum Gasteiger partial charge on any atom is 0.227 e. The zero-order valence-corrected chi connectivity index (χ0v) is 9.59. The molecule has 4 heteroatoms. The summed E-state index contributed by atoms with van der Waals surface area (Å²) in [6.45, 7) is 1.66. The number of fused-ring (bicyclic) bond motifs is 2. The Morgan fingerprint density at radius 1 is 1.44 bits per heavy atom. The molecular weight excluding hydrogens is 204 g/mol. The van der Waals surface area contributed by atoms with Gasteiger partial charge in [0.1, 0.15) is 6.10 Å². The molecule has 0 radical (unpaired) electrons. The van der Waals surface area contributed by atoms with Crippen LogP contribution in [0.5, 0.6) is 0 Å². The third-order valence-electron chi connectivity index (χ3n) is 4.18. The van der Waals surface area contributed by atoms with Crippen LogP contribution < -0.4 is 0 Å². The van der Waals surface area contributed by atoms with Crippen LogP contribution in [-0.2, 0) is 6.42 Å². The number of aromatic nitrogens is 2. The molecule has 1 N–H and O–H groups in total. The van der Waals surface area contributed by atoms with Gasteiger partial charge in [-0.3, -0.25) is 0 Å². The molecule has 0 amide bonds. The van der Waals surface area contributed by atoms with Gasteiger partial charge in [-0.25, -0.2) is 0 Å². The van der Waals surface area contributed by atoms with E-state index in [1.54, 1.807) is 6.92 Å². The summed E-state index contributed by atoms with van der Waals surface area (Å²) in [5.41, 5.74) is 0. The average Bonchev–Trinajstić information content (AvgIpc) is 2.91. The van der Waals surface area contributed by atoms with E-state index in [0.29, 0.717) is 11.7 Å². The Hall–Kier alpha value is -0.900. The second-order valence-electron chi connectivity index (χ2n) is 5.36. The van der Waals surface area contributed by atoms with Crippen molar-refractivity contribution in [2.75, 3.05) is 0 Å². The highest BCUT2D eigenvalue weighted by Crippen LogP contribution is 2.49. The van der Waals surface area contributed by atoms with Gasteiger partial charge in [0.15, 0.2) is 5.82 Å². The molecule has 4 unspecified atom stereocenters. The van der Waals surface area contributed by atoms with E-state index in [1.165, 1.54) is 25.7 Å². The predicted octanol–water partition coefficient (Wildman–Crippen LogP) is 2.10. The summed E-state index contributed by atoms with van der Waals surface area (Å²) in [6.07, 6.45) is 5.81. The maximum atomic E-state index is 9.32. The Balaban J connectivity index is 1.65. The number of aliphatic hydroxyl groups excluding tert-OH is 1. The first-order valence-electron chi connectivity index (χ1n) is 6.23. The first kappa shape index (κ1) is 10.3. The molecular formula is C12H18N2O2. The zero-order chi connectivity index (χ0) is 11.1. The van der Waals surface area contributed by atoms with Crippen molar-refractivity contribution < 1.29 is 9.63 Å². The Morgan fingerprint density at radius 2 is 2.31 bits per heavy atom. The molecule has 2 saturated carbocycles. The number of hydrogen-bond donors (Lipinski definition) is 1. The summed E-state index contributed by atoms with van der Waals surface area (Å²) < 4.78 is 5.17. The first-order chi connectivity index (χ1) is 7.72. The van der Waals surface area contributed by atoms with Gasteiger partial charge in [0.2, 0.25) is 5.89 Å². The van der Waals surface area contributed by atoms with Crippen LogP contribution in [0.4, 0.5) is 0 Å². The number of rotatable bonds is 3. The molecule has 2 bridgehead atoms. The van der Waals surface area contributed by atoms with Crippen molar-refractivity contribution >= 4 is 0 Å². The molecule has 1 aromatic rings. The van der Waals surface area contributed by atoms with Crippen LogP contribution in [0.3, 0.4) is 0 Å². The van der Waals surface area contributed by atoms with Gasteiger partial charge >= 0.3 is 0 Å². The van der Waals surface area contributed by atoms with E-state index in [-0.39, 0.29) is 0 Å². The lowest BCUT2D eigenvalue weighted by Gasteiger charge is -2.19. The van der Waals surface area contributed by atoms with Crippen molar-refractivity contribution in [1.29, 1.82) is 0 Å². The van der Waals surface area contributed by atoms with Gasteiger partial charge in [0, 0.05) is 6.42 Å². The largest absolute Gasteiger partial charge is 0.385 e. The summed E-state index contributed by atoms with van der Waals surface area (Å²) in [6, 6.07) is 0. The van der Waals surface area contributed by atoms with E-state index in [9.17, 15) is 5.11 Å². The number of nitrogens with zero attached hydrogens (tertiary/aromatic N) is 2.